The van der Waals surface area contributed by atoms with E-state index in [4.69, 9.17) is 5.73 Å². The zero-order valence-electron chi connectivity index (χ0n) is 11.2. The van der Waals surface area contributed by atoms with Crippen molar-refractivity contribution in [3.8, 4) is 11.3 Å². The van der Waals surface area contributed by atoms with Gasteiger partial charge in [-0.1, -0.05) is 12.1 Å². The Balaban J connectivity index is 2.46. The Bertz CT molecular complexity index is 562. The van der Waals surface area contributed by atoms with Crippen molar-refractivity contribution >= 4 is 0 Å². The van der Waals surface area contributed by atoms with Crippen molar-refractivity contribution in [3.63, 3.8) is 0 Å². The fourth-order valence-electron chi connectivity index (χ4n) is 1.92. The lowest BCUT2D eigenvalue weighted by Gasteiger charge is -2.07. The predicted octanol–water partition coefficient (Wildman–Crippen LogP) is 2.57. The van der Waals surface area contributed by atoms with Gasteiger partial charge in [0.2, 0.25) is 0 Å². The molecule has 0 saturated heterocycles. The Kier molecular flexibility index (Phi) is 3.72. The van der Waals surface area contributed by atoms with Gasteiger partial charge < -0.3 is 5.73 Å². The molecule has 0 amide bonds. The molecule has 1 heterocycles. The van der Waals surface area contributed by atoms with E-state index < -0.39 is 0 Å². The molecular weight excluding hydrogens is 222 g/mol. The molecule has 1 aromatic heterocycles. The van der Waals surface area contributed by atoms with Crippen LogP contribution in [0.2, 0.25) is 0 Å². The Morgan fingerprint density at radius 1 is 1.00 bits per heavy atom. The van der Waals surface area contributed by atoms with Crippen molar-refractivity contribution in [2.45, 2.75) is 27.2 Å². The molecule has 2 N–H and O–H groups in total. The van der Waals surface area contributed by atoms with Crippen LogP contribution < -0.4 is 5.73 Å². The summed E-state index contributed by atoms with van der Waals surface area (Å²) in [7, 11) is 0. The van der Waals surface area contributed by atoms with E-state index in [1.807, 2.05) is 13.0 Å². The quantitative estimate of drug-likeness (QED) is 0.898. The highest BCUT2D eigenvalue weighted by atomic mass is 14.9. The van der Waals surface area contributed by atoms with E-state index >= 15 is 0 Å². The number of hydrogen-bond donors (Lipinski definition) is 1. The number of rotatable bonds is 3. The third-order valence-corrected chi connectivity index (χ3v) is 3.07. The first kappa shape index (κ1) is 12.7. The van der Waals surface area contributed by atoms with Crippen LogP contribution in [-0.4, -0.2) is 16.5 Å². The molecule has 0 fully saturated rings. The van der Waals surface area contributed by atoms with Gasteiger partial charge in [0.25, 0.3) is 0 Å². The van der Waals surface area contributed by atoms with Crippen molar-refractivity contribution in [1.82, 2.24) is 9.97 Å². The molecule has 2 aromatic rings. The van der Waals surface area contributed by atoms with E-state index in [1.54, 1.807) is 0 Å². The zero-order chi connectivity index (χ0) is 13.1. The molecule has 18 heavy (non-hydrogen) atoms. The van der Waals surface area contributed by atoms with Crippen LogP contribution in [0.25, 0.3) is 11.3 Å². The van der Waals surface area contributed by atoms with Crippen molar-refractivity contribution in [2.24, 2.45) is 5.73 Å². The number of benzene rings is 1. The second kappa shape index (κ2) is 5.27. The summed E-state index contributed by atoms with van der Waals surface area (Å²) in [5, 5.41) is 0. The minimum atomic E-state index is 0.579. The maximum atomic E-state index is 5.56. The van der Waals surface area contributed by atoms with E-state index in [0.29, 0.717) is 6.54 Å². The molecule has 0 bridgehead atoms. The van der Waals surface area contributed by atoms with Gasteiger partial charge in [-0.2, -0.15) is 0 Å². The summed E-state index contributed by atoms with van der Waals surface area (Å²) in [6.45, 7) is 6.81. The van der Waals surface area contributed by atoms with Gasteiger partial charge in [-0.3, -0.25) is 0 Å². The number of aromatic nitrogens is 2. The van der Waals surface area contributed by atoms with E-state index in [2.05, 4.69) is 42.0 Å². The summed E-state index contributed by atoms with van der Waals surface area (Å²) in [4.78, 5) is 8.97. The molecule has 0 atom stereocenters. The third kappa shape index (κ3) is 2.74. The summed E-state index contributed by atoms with van der Waals surface area (Å²) in [5.74, 6) is 0.825. The molecule has 0 spiro atoms. The minimum absolute atomic E-state index is 0.579. The molecule has 0 saturated carbocycles. The molecule has 94 valence electrons. The summed E-state index contributed by atoms with van der Waals surface area (Å²) in [6, 6.07) is 8.43. The van der Waals surface area contributed by atoms with Crippen LogP contribution in [0.1, 0.15) is 22.6 Å². The van der Waals surface area contributed by atoms with Crippen LogP contribution >= 0.6 is 0 Å². The SMILES string of the molecule is Cc1cc(-c2ccc(C)c(C)c2)nc(CCN)n1. The van der Waals surface area contributed by atoms with Gasteiger partial charge in [0, 0.05) is 17.7 Å². The second-order valence-corrected chi connectivity index (χ2v) is 4.65. The Morgan fingerprint density at radius 3 is 2.44 bits per heavy atom. The van der Waals surface area contributed by atoms with Crippen LogP contribution in [0.3, 0.4) is 0 Å². The standard InChI is InChI=1S/C15H19N3/c1-10-4-5-13(8-11(10)2)14-9-12(3)17-15(18-14)6-7-16/h4-5,8-9H,6-7,16H2,1-3H3. The number of nitrogens with zero attached hydrogens (tertiary/aromatic N) is 2. The predicted molar refractivity (Wildman–Crippen MR) is 74.4 cm³/mol. The average molecular weight is 241 g/mol. The molecule has 2 rings (SSSR count). The zero-order valence-corrected chi connectivity index (χ0v) is 11.2. The molecule has 3 heteroatoms. The number of hydrogen-bond acceptors (Lipinski definition) is 3. The van der Waals surface area contributed by atoms with Crippen molar-refractivity contribution in [2.75, 3.05) is 6.54 Å². The second-order valence-electron chi connectivity index (χ2n) is 4.65. The van der Waals surface area contributed by atoms with Crippen LogP contribution in [-0.2, 0) is 6.42 Å². The fraction of sp³-hybridized carbons (Fsp3) is 0.333. The van der Waals surface area contributed by atoms with E-state index in [1.165, 1.54) is 11.1 Å². The molecule has 0 aliphatic rings. The number of nitrogens with two attached hydrogens (primary N) is 1. The Morgan fingerprint density at radius 2 is 1.78 bits per heavy atom. The van der Waals surface area contributed by atoms with Crippen LogP contribution in [0.4, 0.5) is 0 Å². The summed E-state index contributed by atoms with van der Waals surface area (Å²) >= 11 is 0. The van der Waals surface area contributed by atoms with Gasteiger partial charge in [0.15, 0.2) is 0 Å². The lowest BCUT2D eigenvalue weighted by molar-refractivity contribution is 0.858. The normalized spacial score (nSPS) is 10.7. The monoisotopic (exact) mass is 241 g/mol. The Hall–Kier alpha value is -1.74. The molecule has 0 aliphatic heterocycles. The first-order valence-corrected chi connectivity index (χ1v) is 6.22. The summed E-state index contributed by atoms with van der Waals surface area (Å²) in [5.41, 5.74) is 11.3. The van der Waals surface area contributed by atoms with E-state index in [0.717, 1.165) is 29.2 Å². The highest BCUT2D eigenvalue weighted by molar-refractivity contribution is 5.61. The van der Waals surface area contributed by atoms with Gasteiger partial charge >= 0.3 is 0 Å². The van der Waals surface area contributed by atoms with E-state index in [9.17, 15) is 0 Å². The van der Waals surface area contributed by atoms with E-state index in [-0.39, 0.29) is 0 Å². The smallest absolute Gasteiger partial charge is 0.130 e. The maximum absolute atomic E-state index is 5.56. The molecule has 3 nitrogen and oxygen atoms in total. The van der Waals surface area contributed by atoms with Gasteiger partial charge in [0.05, 0.1) is 5.69 Å². The van der Waals surface area contributed by atoms with Gasteiger partial charge in [-0.15, -0.1) is 0 Å². The molecular formula is C15H19N3. The average Bonchev–Trinajstić information content (AvgIpc) is 2.32. The van der Waals surface area contributed by atoms with Crippen LogP contribution in [0.5, 0.6) is 0 Å². The molecule has 1 aromatic carbocycles. The van der Waals surface area contributed by atoms with Crippen LogP contribution in [0, 0.1) is 20.8 Å². The highest BCUT2D eigenvalue weighted by Crippen LogP contribution is 2.21. The highest BCUT2D eigenvalue weighted by Gasteiger charge is 2.05. The summed E-state index contributed by atoms with van der Waals surface area (Å²) < 4.78 is 0. The van der Waals surface area contributed by atoms with Gasteiger partial charge in [-0.05, 0) is 50.6 Å². The van der Waals surface area contributed by atoms with Crippen molar-refractivity contribution in [1.29, 1.82) is 0 Å². The molecule has 0 aliphatic carbocycles. The molecule has 0 radical (unpaired) electrons. The van der Waals surface area contributed by atoms with Crippen LogP contribution in [0.15, 0.2) is 24.3 Å². The van der Waals surface area contributed by atoms with Crippen molar-refractivity contribution < 1.29 is 0 Å². The lowest BCUT2D eigenvalue weighted by Crippen LogP contribution is -2.07. The topological polar surface area (TPSA) is 51.8 Å². The maximum Gasteiger partial charge on any atom is 0.130 e. The van der Waals surface area contributed by atoms with Gasteiger partial charge in [0.1, 0.15) is 5.82 Å². The fourth-order valence-corrected chi connectivity index (χ4v) is 1.92. The minimum Gasteiger partial charge on any atom is -0.330 e. The molecule has 0 unspecified atom stereocenters. The summed E-state index contributed by atoms with van der Waals surface area (Å²) in [6.07, 6.45) is 0.722. The first-order chi connectivity index (χ1) is 8.60. The number of aryl methyl sites for hydroxylation is 3. The lowest BCUT2D eigenvalue weighted by atomic mass is 10.0. The first-order valence-electron chi connectivity index (χ1n) is 6.22. The largest absolute Gasteiger partial charge is 0.330 e. The van der Waals surface area contributed by atoms with Crippen molar-refractivity contribution in [3.05, 3.63) is 46.9 Å². The van der Waals surface area contributed by atoms with Gasteiger partial charge in [-0.25, -0.2) is 9.97 Å². The third-order valence-electron chi connectivity index (χ3n) is 3.07. The Labute approximate surface area is 108 Å².